The predicted octanol–water partition coefficient (Wildman–Crippen LogP) is 2.02. The minimum atomic E-state index is -4.48. The predicted molar refractivity (Wildman–Crippen MR) is 63.8 cm³/mol. The average Bonchev–Trinajstić information content (AvgIpc) is 2.77. The topological polar surface area (TPSA) is 39.1 Å². The second-order valence-electron chi connectivity index (χ2n) is 5.69. The summed E-state index contributed by atoms with van der Waals surface area (Å²) >= 11 is 0. The Morgan fingerprint density at radius 1 is 1.37 bits per heavy atom. The van der Waals surface area contributed by atoms with Gasteiger partial charge in [0, 0.05) is 24.8 Å². The normalized spacial score (nSPS) is 25.6. The highest BCUT2D eigenvalue weighted by Gasteiger charge is 2.58. The third-order valence-corrected chi connectivity index (χ3v) is 3.20. The Balaban J connectivity index is 2.42. The van der Waals surface area contributed by atoms with Crippen molar-refractivity contribution in [3.05, 3.63) is 18.0 Å². The van der Waals surface area contributed by atoms with Crippen molar-refractivity contribution >= 4 is 0 Å². The lowest BCUT2D eigenvalue weighted by molar-refractivity contribution is -0.290. The van der Waals surface area contributed by atoms with E-state index in [-0.39, 0.29) is 24.3 Å². The molecule has 0 saturated carbocycles. The number of nitrogens with zero attached hydrogens (tertiary/aromatic N) is 2. The van der Waals surface area contributed by atoms with Crippen LogP contribution >= 0.6 is 0 Å². The van der Waals surface area contributed by atoms with E-state index in [9.17, 15) is 13.2 Å². The highest BCUT2D eigenvalue weighted by atomic mass is 19.4. The van der Waals surface area contributed by atoms with Gasteiger partial charge in [-0.25, -0.2) is 0 Å². The van der Waals surface area contributed by atoms with Crippen LogP contribution in [0.2, 0.25) is 0 Å². The van der Waals surface area contributed by atoms with Crippen LogP contribution in [0.3, 0.4) is 0 Å². The van der Waals surface area contributed by atoms with Crippen molar-refractivity contribution in [3.63, 3.8) is 0 Å². The third-order valence-electron chi connectivity index (χ3n) is 3.20. The molecule has 0 spiro atoms. The van der Waals surface area contributed by atoms with Crippen molar-refractivity contribution in [1.82, 2.24) is 15.1 Å². The molecule has 2 rings (SSSR count). The molecule has 19 heavy (non-hydrogen) atoms. The summed E-state index contributed by atoms with van der Waals surface area (Å²) in [4.78, 5) is 0. The molecule has 0 bridgehead atoms. The summed E-state index contributed by atoms with van der Waals surface area (Å²) in [5, 5.41) is 6.78. The number of rotatable bonds is 1. The number of ether oxygens (including phenoxy) is 1. The van der Waals surface area contributed by atoms with Gasteiger partial charge in [0.1, 0.15) is 0 Å². The zero-order chi connectivity index (χ0) is 14.3. The fraction of sp³-hybridized carbons (Fsp3) is 0.750. The maximum absolute atomic E-state index is 13.4. The molecule has 108 valence electrons. The number of halogens is 3. The van der Waals surface area contributed by atoms with Gasteiger partial charge in [-0.1, -0.05) is 0 Å². The summed E-state index contributed by atoms with van der Waals surface area (Å²) in [7, 11) is 0. The van der Waals surface area contributed by atoms with E-state index in [1.165, 1.54) is 17.1 Å². The molecule has 0 amide bonds. The van der Waals surface area contributed by atoms with Crippen molar-refractivity contribution in [3.8, 4) is 0 Å². The number of nitrogens with one attached hydrogen (secondary N) is 1. The molecule has 2 heterocycles. The number of hydrogen-bond donors (Lipinski definition) is 1. The summed E-state index contributed by atoms with van der Waals surface area (Å²) in [6.45, 7) is 5.80. The Morgan fingerprint density at radius 3 is 2.47 bits per heavy atom. The van der Waals surface area contributed by atoms with E-state index < -0.39 is 11.8 Å². The van der Waals surface area contributed by atoms with Crippen LogP contribution < -0.4 is 5.32 Å². The van der Waals surface area contributed by atoms with Crippen LogP contribution in [0.15, 0.2) is 12.4 Å². The molecule has 0 aromatic carbocycles. The van der Waals surface area contributed by atoms with Crippen molar-refractivity contribution in [2.45, 2.75) is 38.1 Å². The van der Waals surface area contributed by atoms with Crippen molar-refractivity contribution in [2.75, 3.05) is 19.7 Å². The summed E-state index contributed by atoms with van der Waals surface area (Å²) in [6, 6.07) is 0. The SMILES string of the molecule is CC(C)(C)n1cc(C2(C(F)(F)F)CNCCO2)cn1. The molecular weight excluding hydrogens is 259 g/mol. The maximum Gasteiger partial charge on any atom is 0.423 e. The van der Waals surface area contributed by atoms with E-state index in [1.807, 2.05) is 20.8 Å². The van der Waals surface area contributed by atoms with Gasteiger partial charge < -0.3 is 10.1 Å². The van der Waals surface area contributed by atoms with Gasteiger partial charge in [0.2, 0.25) is 5.60 Å². The first-order valence-corrected chi connectivity index (χ1v) is 6.14. The first kappa shape index (κ1) is 14.3. The number of morpholine rings is 1. The van der Waals surface area contributed by atoms with Crippen molar-refractivity contribution in [2.24, 2.45) is 0 Å². The Hall–Kier alpha value is -1.08. The van der Waals surface area contributed by atoms with Gasteiger partial charge in [0.15, 0.2) is 0 Å². The van der Waals surface area contributed by atoms with E-state index in [0.717, 1.165) is 0 Å². The van der Waals surface area contributed by atoms with Gasteiger partial charge in [0.05, 0.1) is 18.3 Å². The summed E-state index contributed by atoms with van der Waals surface area (Å²) in [6.07, 6.45) is -1.82. The van der Waals surface area contributed by atoms with Crippen LogP contribution in [0.4, 0.5) is 13.2 Å². The van der Waals surface area contributed by atoms with E-state index >= 15 is 0 Å². The Morgan fingerprint density at radius 2 is 2.05 bits per heavy atom. The molecule has 1 atom stereocenters. The van der Waals surface area contributed by atoms with E-state index in [0.29, 0.717) is 6.54 Å². The Labute approximate surface area is 109 Å². The lowest BCUT2D eigenvalue weighted by Crippen LogP contribution is -2.56. The number of aromatic nitrogens is 2. The Kier molecular flexibility index (Phi) is 3.38. The molecular formula is C12H18F3N3O. The molecule has 1 aromatic heterocycles. The minimum absolute atomic E-state index is 0.0280. The van der Waals surface area contributed by atoms with Gasteiger partial charge in [-0.2, -0.15) is 18.3 Å². The van der Waals surface area contributed by atoms with Crippen LogP contribution in [0.5, 0.6) is 0 Å². The highest BCUT2D eigenvalue weighted by Crippen LogP contribution is 2.43. The second-order valence-corrected chi connectivity index (χ2v) is 5.69. The van der Waals surface area contributed by atoms with Gasteiger partial charge in [-0.15, -0.1) is 0 Å². The van der Waals surface area contributed by atoms with Crippen molar-refractivity contribution < 1.29 is 17.9 Å². The van der Waals surface area contributed by atoms with Gasteiger partial charge in [-0.3, -0.25) is 4.68 Å². The molecule has 1 aromatic rings. The first-order valence-electron chi connectivity index (χ1n) is 6.14. The minimum Gasteiger partial charge on any atom is -0.358 e. The van der Waals surface area contributed by atoms with Crippen LogP contribution in [-0.2, 0) is 15.9 Å². The lowest BCUT2D eigenvalue weighted by atomic mass is 9.94. The quantitative estimate of drug-likeness (QED) is 0.853. The molecule has 1 aliphatic heterocycles. The van der Waals surface area contributed by atoms with Gasteiger partial charge in [0.25, 0.3) is 0 Å². The van der Waals surface area contributed by atoms with E-state index in [1.54, 1.807) is 0 Å². The summed E-state index contributed by atoms with van der Waals surface area (Å²) < 4.78 is 46.8. The maximum atomic E-state index is 13.4. The third kappa shape index (κ3) is 2.49. The zero-order valence-corrected chi connectivity index (χ0v) is 11.2. The van der Waals surface area contributed by atoms with Crippen molar-refractivity contribution in [1.29, 1.82) is 0 Å². The highest BCUT2D eigenvalue weighted by molar-refractivity contribution is 5.21. The average molecular weight is 277 g/mol. The molecule has 1 N–H and O–H groups in total. The monoisotopic (exact) mass is 277 g/mol. The van der Waals surface area contributed by atoms with Gasteiger partial charge in [-0.05, 0) is 20.8 Å². The molecule has 0 radical (unpaired) electrons. The molecule has 0 aliphatic carbocycles. The van der Waals surface area contributed by atoms with Crippen LogP contribution in [0, 0.1) is 0 Å². The molecule has 1 aliphatic rings. The standard InChI is InChI=1S/C12H18F3N3O/c1-10(2,3)18-7-9(6-17-18)11(12(13,14)15)8-16-4-5-19-11/h6-7,16H,4-5,8H2,1-3H3. The summed E-state index contributed by atoms with van der Waals surface area (Å²) in [5.41, 5.74) is -2.62. The van der Waals surface area contributed by atoms with Crippen LogP contribution in [0.25, 0.3) is 0 Å². The molecule has 1 saturated heterocycles. The fourth-order valence-corrected chi connectivity index (χ4v) is 2.04. The summed E-state index contributed by atoms with van der Waals surface area (Å²) in [5.74, 6) is 0. The Bertz CT molecular complexity index is 442. The van der Waals surface area contributed by atoms with Gasteiger partial charge >= 0.3 is 6.18 Å². The smallest absolute Gasteiger partial charge is 0.358 e. The molecule has 1 unspecified atom stereocenters. The fourth-order valence-electron chi connectivity index (χ4n) is 2.04. The zero-order valence-electron chi connectivity index (χ0n) is 11.2. The molecule has 1 fully saturated rings. The largest absolute Gasteiger partial charge is 0.423 e. The number of alkyl halides is 3. The molecule has 4 nitrogen and oxygen atoms in total. The first-order chi connectivity index (χ1) is 8.67. The van der Waals surface area contributed by atoms with E-state index in [4.69, 9.17) is 4.74 Å². The van der Waals surface area contributed by atoms with Crippen LogP contribution in [0.1, 0.15) is 26.3 Å². The van der Waals surface area contributed by atoms with Crippen LogP contribution in [-0.4, -0.2) is 35.7 Å². The molecule has 7 heteroatoms. The lowest BCUT2D eigenvalue weighted by Gasteiger charge is -2.38. The second kappa shape index (κ2) is 4.49. The van der Waals surface area contributed by atoms with E-state index in [2.05, 4.69) is 10.4 Å². The number of hydrogen-bond acceptors (Lipinski definition) is 3.